The highest BCUT2D eigenvalue weighted by Gasteiger charge is 1.88. The van der Waals surface area contributed by atoms with Gasteiger partial charge in [-0.05, 0) is 6.42 Å². The van der Waals surface area contributed by atoms with E-state index in [4.69, 9.17) is 5.26 Å². The van der Waals surface area contributed by atoms with Crippen molar-refractivity contribution in [3.8, 4) is 0 Å². The van der Waals surface area contributed by atoms with Crippen molar-refractivity contribution in [3.05, 3.63) is 24.3 Å². The van der Waals surface area contributed by atoms with Gasteiger partial charge in [-0.3, -0.25) is 4.89 Å². The quantitative estimate of drug-likeness (QED) is 0.281. The van der Waals surface area contributed by atoms with Crippen molar-refractivity contribution < 1.29 is 14.9 Å². The largest absolute Gasteiger partial charge is 0.365 e. The number of hydrogen-bond donors (Lipinski definition) is 1. The lowest BCUT2D eigenvalue weighted by Crippen LogP contribution is -1.93. The second-order valence-electron chi connectivity index (χ2n) is 1.61. The second kappa shape index (κ2) is 6.04. The van der Waals surface area contributed by atoms with E-state index in [9.17, 15) is 4.79 Å². The van der Waals surface area contributed by atoms with E-state index in [1.165, 1.54) is 6.08 Å². The van der Waals surface area contributed by atoms with Gasteiger partial charge in [0, 0.05) is 6.08 Å². The Morgan fingerprint density at radius 1 is 1.60 bits per heavy atom. The van der Waals surface area contributed by atoms with Gasteiger partial charge >= 0.3 is 5.97 Å². The normalized spacial score (nSPS) is 11.0. The molecule has 0 saturated carbocycles. The minimum Gasteiger partial charge on any atom is -0.296 e. The molecule has 0 aromatic carbocycles. The van der Waals surface area contributed by atoms with Crippen molar-refractivity contribution in [1.82, 2.24) is 0 Å². The minimum atomic E-state index is -0.763. The van der Waals surface area contributed by atoms with Crippen molar-refractivity contribution in [2.24, 2.45) is 0 Å². The van der Waals surface area contributed by atoms with E-state index in [2.05, 4.69) is 4.89 Å². The summed E-state index contributed by atoms with van der Waals surface area (Å²) >= 11 is 0. The average molecular weight is 142 g/mol. The molecule has 0 unspecified atom stereocenters. The van der Waals surface area contributed by atoms with Crippen LogP contribution in [0.15, 0.2) is 24.3 Å². The fourth-order valence-corrected chi connectivity index (χ4v) is 0.379. The fraction of sp³-hybridized carbons (Fsp3) is 0.286. The van der Waals surface area contributed by atoms with Crippen LogP contribution in [0.4, 0.5) is 0 Å². The summed E-state index contributed by atoms with van der Waals surface area (Å²) < 4.78 is 0. The van der Waals surface area contributed by atoms with Crippen LogP contribution in [0.1, 0.15) is 13.3 Å². The summed E-state index contributed by atoms with van der Waals surface area (Å²) in [5.41, 5.74) is 0. The molecule has 0 aromatic heterocycles. The van der Waals surface area contributed by atoms with E-state index in [-0.39, 0.29) is 0 Å². The molecule has 10 heavy (non-hydrogen) atoms. The SMILES string of the molecule is CC/C=C/C=C/C(=O)OO. The topological polar surface area (TPSA) is 46.5 Å². The molecular weight excluding hydrogens is 132 g/mol. The van der Waals surface area contributed by atoms with E-state index < -0.39 is 5.97 Å². The van der Waals surface area contributed by atoms with Crippen LogP contribution in [-0.4, -0.2) is 11.2 Å². The van der Waals surface area contributed by atoms with Crippen molar-refractivity contribution in [2.45, 2.75) is 13.3 Å². The molecule has 0 fully saturated rings. The van der Waals surface area contributed by atoms with Gasteiger partial charge < -0.3 is 0 Å². The summed E-state index contributed by atoms with van der Waals surface area (Å²) in [4.78, 5) is 13.6. The van der Waals surface area contributed by atoms with E-state index in [1.807, 2.05) is 13.0 Å². The maximum Gasteiger partial charge on any atom is 0.365 e. The lowest BCUT2D eigenvalue weighted by molar-refractivity contribution is -0.228. The first-order valence-corrected chi connectivity index (χ1v) is 2.99. The summed E-state index contributed by atoms with van der Waals surface area (Å²) in [6, 6.07) is 0. The molecule has 0 aromatic rings. The molecular formula is C7H10O3. The van der Waals surface area contributed by atoms with Gasteiger partial charge in [-0.2, -0.15) is 5.26 Å². The van der Waals surface area contributed by atoms with Crippen LogP contribution in [0, 0.1) is 0 Å². The van der Waals surface area contributed by atoms with Crippen LogP contribution < -0.4 is 0 Å². The minimum absolute atomic E-state index is 0.763. The lowest BCUT2D eigenvalue weighted by Gasteiger charge is -1.82. The zero-order valence-electron chi connectivity index (χ0n) is 5.78. The van der Waals surface area contributed by atoms with Gasteiger partial charge in [-0.25, -0.2) is 4.79 Å². The molecule has 3 heteroatoms. The maximum atomic E-state index is 10.2. The first-order chi connectivity index (χ1) is 4.81. The molecule has 3 nitrogen and oxygen atoms in total. The Kier molecular flexibility index (Phi) is 5.38. The summed E-state index contributed by atoms with van der Waals surface area (Å²) in [5, 5.41) is 7.77. The number of allylic oxidation sites excluding steroid dienone is 3. The molecule has 0 aliphatic heterocycles. The zero-order chi connectivity index (χ0) is 7.82. The summed E-state index contributed by atoms with van der Waals surface area (Å²) in [6.07, 6.45) is 7.13. The first kappa shape index (κ1) is 8.91. The van der Waals surface area contributed by atoms with Crippen molar-refractivity contribution in [3.63, 3.8) is 0 Å². The Balaban J connectivity index is 3.55. The van der Waals surface area contributed by atoms with Crippen molar-refractivity contribution in [1.29, 1.82) is 0 Å². The van der Waals surface area contributed by atoms with E-state index >= 15 is 0 Å². The van der Waals surface area contributed by atoms with Crippen LogP contribution in [0.3, 0.4) is 0 Å². The number of rotatable bonds is 3. The molecule has 0 saturated heterocycles. The number of carbonyl (C=O) groups is 1. The Morgan fingerprint density at radius 3 is 2.80 bits per heavy atom. The predicted molar refractivity (Wildman–Crippen MR) is 37.3 cm³/mol. The number of hydrogen-bond acceptors (Lipinski definition) is 3. The van der Waals surface area contributed by atoms with Crippen LogP contribution in [0.5, 0.6) is 0 Å². The van der Waals surface area contributed by atoms with Gasteiger partial charge in [0.05, 0.1) is 0 Å². The molecule has 0 spiro atoms. The van der Waals surface area contributed by atoms with Crippen molar-refractivity contribution >= 4 is 5.97 Å². The molecule has 0 amide bonds. The monoisotopic (exact) mass is 142 g/mol. The lowest BCUT2D eigenvalue weighted by atomic mass is 10.4. The van der Waals surface area contributed by atoms with Gasteiger partial charge in [-0.15, -0.1) is 0 Å². The molecule has 0 aliphatic carbocycles. The van der Waals surface area contributed by atoms with E-state index in [0.29, 0.717) is 0 Å². The molecule has 1 N–H and O–H groups in total. The molecule has 0 bridgehead atoms. The Morgan fingerprint density at radius 2 is 2.30 bits per heavy atom. The third kappa shape index (κ3) is 5.05. The molecule has 0 rings (SSSR count). The van der Waals surface area contributed by atoms with Gasteiger partial charge in [0.1, 0.15) is 0 Å². The molecule has 0 atom stereocenters. The highest BCUT2D eigenvalue weighted by Crippen LogP contribution is 1.82. The zero-order valence-corrected chi connectivity index (χ0v) is 5.78. The Labute approximate surface area is 59.5 Å². The van der Waals surface area contributed by atoms with Crippen LogP contribution in [-0.2, 0) is 9.68 Å². The highest BCUT2D eigenvalue weighted by molar-refractivity contribution is 5.81. The molecule has 56 valence electrons. The maximum absolute atomic E-state index is 10.2. The molecule has 0 radical (unpaired) electrons. The molecule has 0 heterocycles. The molecule has 0 aliphatic rings. The smallest absolute Gasteiger partial charge is 0.296 e. The van der Waals surface area contributed by atoms with Gasteiger partial charge in [0.15, 0.2) is 0 Å². The van der Waals surface area contributed by atoms with E-state index in [0.717, 1.165) is 12.5 Å². The fourth-order valence-electron chi connectivity index (χ4n) is 0.379. The Bertz CT molecular complexity index is 147. The third-order valence-corrected chi connectivity index (χ3v) is 0.805. The highest BCUT2D eigenvalue weighted by atomic mass is 17.1. The Hall–Kier alpha value is -1.09. The van der Waals surface area contributed by atoms with Gasteiger partial charge in [0.2, 0.25) is 0 Å². The first-order valence-electron chi connectivity index (χ1n) is 2.99. The number of carbonyl (C=O) groups excluding carboxylic acids is 1. The van der Waals surface area contributed by atoms with Crippen molar-refractivity contribution in [2.75, 3.05) is 0 Å². The van der Waals surface area contributed by atoms with Crippen LogP contribution in [0.25, 0.3) is 0 Å². The summed E-state index contributed by atoms with van der Waals surface area (Å²) in [6.45, 7) is 1.98. The third-order valence-electron chi connectivity index (χ3n) is 0.805. The average Bonchev–Trinajstić information content (AvgIpc) is 1.98. The van der Waals surface area contributed by atoms with Crippen LogP contribution in [0.2, 0.25) is 0 Å². The predicted octanol–water partition coefficient (Wildman–Crippen LogP) is 1.53. The second-order valence-corrected chi connectivity index (χ2v) is 1.61. The summed E-state index contributed by atoms with van der Waals surface area (Å²) in [7, 11) is 0. The van der Waals surface area contributed by atoms with Crippen LogP contribution >= 0.6 is 0 Å². The standard InChI is InChI=1S/C7H10O3/c1-2-3-4-5-6-7(8)10-9/h3-6,9H,2H2,1H3/b4-3+,6-5+. The van der Waals surface area contributed by atoms with Gasteiger partial charge in [-0.1, -0.05) is 25.2 Å². The summed E-state index contributed by atoms with van der Waals surface area (Å²) in [5.74, 6) is -0.763. The van der Waals surface area contributed by atoms with Gasteiger partial charge in [0.25, 0.3) is 0 Å². The van der Waals surface area contributed by atoms with E-state index in [1.54, 1.807) is 6.08 Å².